The maximum absolute atomic E-state index is 5.73. The van der Waals surface area contributed by atoms with Crippen molar-refractivity contribution in [1.82, 2.24) is 0 Å². The maximum atomic E-state index is 5.73. The molecule has 0 amide bonds. The molecule has 78 valence electrons. The third-order valence-electron chi connectivity index (χ3n) is 2.45. The lowest BCUT2D eigenvalue weighted by molar-refractivity contribution is 0.749. The van der Waals surface area contributed by atoms with E-state index >= 15 is 0 Å². The summed E-state index contributed by atoms with van der Waals surface area (Å²) < 4.78 is 1.09. The van der Waals surface area contributed by atoms with E-state index in [0.717, 1.165) is 4.47 Å². The van der Waals surface area contributed by atoms with Crippen molar-refractivity contribution in [3.05, 3.63) is 28.2 Å². The van der Waals surface area contributed by atoms with Gasteiger partial charge < -0.3 is 10.6 Å². The maximum Gasteiger partial charge on any atom is 0.0422 e. The smallest absolute Gasteiger partial charge is 0.0422 e. The minimum absolute atomic E-state index is 0.481. The molecular weight excluding hydrogens is 240 g/mol. The summed E-state index contributed by atoms with van der Waals surface area (Å²) in [6, 6.07) is 6.65. The molecule has 2 nitrogen and oxygen atoms in total. The first-order valence-corrected chi connectivity index (χ1v) is 5.57. The second-order valence-electron chi connectivity index (χ2n) is 3.65. The van der Waals surface area contributed by atoms with E-state index in [1.54, 1.807) is 0 Å². The molecule has 0 atom stereocenters. The third kappa shape index (κ3) is 2.28. The highest BCUT2D eigenvalue weighted by atomic mass is 79.9. The average Bonchev–Trinajstić information content (AvgIpc) is 2.16. The molecule has 0 bridgehead atoms. The van der Waals surface area contributed by atoms with Crippen LogP contribution in [0.5, 0.6) is 0 Å². The highest BCUT2D eigenvalue weighted by Crippen LogP contribution is 2.27. The predicted octanol–water partition coefficient (Wildman–Crippen LogP) is 2.75. The van der Waals surface area contributed by atoms with Crippen molar-refractivity contribution >= 4 is 21.6 Å². The van der Waals surface area contributed by atoms with Crippen LogP contribution in [-0.2, 0) is 6.54 Å². The van der Waals surface area contributed by atoms with E-state index in [-0.39, 0.29) is 0 Å². The zero-order valence-electron chi connectivity index (χ0n) is 8.92. The molecule has 1 aromatic rings. The Labute approximate surface area is 94.2 Å². The second kappa shape index (κ2) is 4.80. The van der Waals surface area contributed by atoms with Gasteiger partial charge in [0.1, 0.15) is 0 Å². The van der Waals surface area contributed by atoms with Crippen molar-refractivity contribution < 1.29 is 0 Å². The number of anilines is 1. The fourth-order valence-corrected chi connectivity index (χ4v) is 1.88. The third-order valence-corrected chi connectivity index (χ3v) is 3.20. The van der Waals surface area contributed by atoms with Crippen LogP contribution in [0.25, 0.3) is 0 Å². The number of nitrogens with two attached hydrogens (primary N) is 1. The lowest BCUT2D eigenvalue weighted by Crippen LogP contribution is -2.27. The van der Waals surface area contributed by atoms with Crippen LogP contribution < -0.4 is 10.6 Å². The lowest BCUT2D eigenvalue weighted by atomic mass is 10.1. The van der Waals surface area contributed by atoms with Gasteiger partial charge in [0.2, 0.25) is 0 Å². The summed E-state index contributed by atoms with van der Waals surface area (Å²) in [6.07, 6.45) is 0. The molecule has 0 aliphatic heterocycles. The van der Waals surface area contributed by atoms with Crippen LogP contribution in [0.15, 0.2) is 22.7 Å². The Hall–Kier alpha value is -0.540. The second-order valence-corrected chi connectivity index (χ2v) is 4.50. The minimum atomic E-state index is 0.481. The van der Waals surface area contributed by atoms with Crippen molar-refractivity contribution in [2.45, 2.75) is 26.4 Å². The molecule has 0 spiro atoms. The van der Waals surface area contributed by atoms with Gasteiger partial charge in [-0.15, -0.1) is 0 Å². The number of nitrogens with zero attached hydrogens (tertiary/aromatic N) is 1. The van der Waals surface area contributed by atoms with Gasteiger partial charge in [0, 0.05) is 35.4 Å². The molecule has 14 heavy (non-hydrogen) atoms. The van der Waals surface area contributed by atoms with Gasteiger partial charge in [-0.2, -0.15) is 0 Å². The van der Waals surface area contributed by atoms with Gasteiger partial charge in [-0.25, -0.2) is 0 Å². The first-order valence-electron chi connectivity index (χ1n) is 4.78. The van der Waals surface area contributed by atoms with Gasteiger partial charge >= 0.3 is 0 Å². The summed E-state index contributed by atoms with van der Waals surface area (Å²) in [6.45, 7) is 4.90. The molecule has 0 aliphatic carbocycles. The quantitative estimate of drug-likeness (QED) is 0.902. The van der Waals surface area contributed by atoms with Crippen molar-refractivity contribution in [1.29, 1.82) is 0 Å². The van der Waals surface area contributed by atoms with Crippen LogP contribution in [0.1, 0.15) is 19.4 Å². The summed E-state index contributed by atoms with van der Waals surface area (Å²) >= 11 is 3.52. The van der Waals surface area contributed by atoms with E-state index in [0.29, 0.717) is 12.6 Å². The van der Waals surface area contributed by atoms with Crippen LogP contribution in [0.2, 0.25) is 0 Å². The summed E-state index contributed by atoms with van der Waals surface area (Å²) in [5.41, 5.74) is 8.11. The van der Waals surface area contributed by atoms with Crippen molar-refractivity contribution in [3.8, 4) is 0 Å². The highest BCUT2D eigenvalue weighted by molar-refractivity contribution is 9.10. The molecule has 1 aromatic carbocycles. The SMILES string of the molecule is CC(C)N(C)c1cccc(Br)c1CN. The standard InChI is InChI=1S/C11H17BrN2/c1-8(2)14(3)11-6-4-5-10(12)9(11)7-13/h4-6,8H,7,13H2,1-3H3. The van der Waals surface area contributed by atoms with Crippen LogP contribution >= 0.6 is 15.9 Å². The molecule has 2 N–H and O–H groups in total. The Morgan fingerprint density at radius 1 is 1.43 bits per heavy atom. The van der Waals surface area contributed by atoms with E-state index in [1.165, 1.54) is 11.3 Å². The van der Waals surface area contributed by atoms with E-state index < -0.39 is 0 Å². The van der Waals surface area contributed by atoms with Crippen LogP contribution in [0.3, 0.4) is 0 Å². The molecule has 0 fully saturated rings. The average molecular weight is 257 g/mol. The molecule has 0 aliphatic rings. The molecular formula is C11H17BrN2. The van der Waals surface area contributed by atoms with E-state index in [2.05, 4.69) is 47.8 Å². The van der Waals surface area contributed by atoms with Crippen LogP contribution in [-0.4, -0.2) is 13.1 Å². The van der Waals surface area contributed by atoms with Gasteiger partial charge in [0.25, 0.3) is 0 Å². The Morgan fingerprint density at radius 3 is 2.57 bits per heavy atom. The summed E-state index contributed by atoms with van der Waals surface area (Å²) in [5.74, 6) is 0. The molecule has 3 heteroatoms. The topological polar surface area (TPSA) is 29.3 Å². The van der Waals surface area contributed by atoms with Gasteiger partial charge in [-0.1, -0.05) is 22.0 Å². The zero-order chi connectivity index (χ0) is 10.7. The first kappa shape index (κ1) is 11.5. The zero-order valence-corrected chi connectivity index (χ0v) is 10.5. The largest absolute Gasteiger partial charge is 0.372 e. The van der Waals surface area contributed by atoms with Crippen molar-refractivity contribution in [3.63, 3.8) is 0 Å². The lowest BCUT2D eigenvalue weighted by Gasteiger charge is -2.26. The van der Waals surface area contributed by atoms with Crippen LogP contribution in [0, 0.1) is 0 Å². The molecule has 1 rings (SSSR count). The van der Waals surface area contributed by atoms with Gasteiger partial charge in [0.05, 0.1) is 0 Å². The molecule has 0 aromatic heterocycles. The van der Waals surface area contributed by atoms with Gasteiger partial charge in [0.15, 0.2) is 0 Å². The molecule has 0 heterocycles. The Morgan fingerprint density at radius 2 is 2.07 bits per heavy atom. The minimum Gasteiger partial charge on any atom is -0.372 e. The normalized spacial score (nSPS) is 10.7. The first-order chi connectivity index (χ1) is 6.57. The fraction of sp³-hybridized carbons (Fsp3) is 0.455. The number of hydrogen-bond donors (Lipinski definition) is 1. The number of halogens is 1. The Kier molecular flexibility index (Phi) is 3.96. The van der Waals surface area contributed by atoms with Gasteiger partial charge in [-0.3, -0.25) is 0 Å². The fourth-order valence-electron chi connectivity index (χ4n) is 1.36. The van der Waals surface area contributed by atoms with E-state index in [1.807, 2.05) is 12.1 Å². The Balaban J connectivity index is 3.13. The number of hydrogen-bond acceptors (Lipinski definition) is 2. The van der Waals surface area contributed by atoms with Crippen molar-refractivity contribution in [2.75, 3.05) is 11.9 Å². The predicted molar refractivity (Wildman–Crippen MR) is 65.6 cm³/mol. The Bertz CT molecular complexity index is 310. The molecule has 0 radical (unpaired) electrons. The molecule has 0 unspecified atom stereocenters. The van der Waals surface area contributed by atoms with E-state index in [9.17, 15) is 0 Å². The summed E-state index contributed by atoms with van der Waals surface area (Å²) in [4.78, 5) is 2.23. The summed E-state index contributed by atoms with van der Waals surface area (Å²) in [7, 11) is 2.09. The van der Waals surface area contributed by atoms with Crippen molar-refractivity contribution in [2.24, 2.45) is 5.73 Å². The number of rotatable bonds is 3. The molecule has 0 saturated heterocycles. The van der Waals surface area contributed by atoms with Gasteiger partial charge in [-0.05, 0) is 26.0 Å². The summed E-state index contributed by atoms with van der Waals surface area (Å²) in [5, 5.41) is 0. The monoisotopic (exact) mass is 256 g/mol. The number of benzene rings is 1. The highest BCUT2D eigenvalue weighted by Gasteiger charge is 2.10. The molecule has 0 saturated carbocycles. The van der Waals surface area contributed by atoms with Crippen LogP contribution in [0.4, 0.5) is 5.69 Å². The van der Waals surface area contributed by atoms with E-state index in [4.69, 9.17) is 5.73 Å².